The standard InChI is InChI=1S/C26H46O2/c1-5-6-7-8-9-10-11-12-13-14-15-16-17-21-25(27)26(28)22-24(4)20-18-19-23(2)3/h19,22H,5-18,20-21H2,1-4H3/b24-22+. The van der Waals surface area contributed by atoms with Crippen molar-refractivity contribution in [2.75, 3.05) is 0 Å². The van der Waals surface area contributed by atoms with Gasteiger partial charge in [-0.3, -0.25) is 9.59 Å². The van der Waals surface area contributed by atoms with Gasteiger partial charge in [-0.25, -0.2) is 0 Å². The lowest BCUT2D eigenvalue weighted by molar-refractivity contribution is -0.133. The number of hydrogen-bond donors (Lipinski definition) is 0. The smallest absolute Gasteiger partial charge is 0.221 e. The Labute approximate surface area is 175 Å². The predicted molar refractivity (Wildman–Crippen MR) is 123 cm³/mol. The van der Waals surface area contributed by atoms with Crippen molar-refractivity contribution < 1.29 is 9.59 Å². The van der Waals surface area contributed by atoms with Crippen LogP contribution in [0.15, 0.2) is 23.3 Å². The van der Waals surface area contributed by atoms with Crippen molar-refractivity contribution in [3.63, 3.8) is 0 Å². The minimum atomic E-state index is -0.311. The molecule has 0 bridgehead atoms. The number of allylic oxidation sites excluding steroid dienone is 4. The minimum absolute atomic E-state index is 0.218. The van der Waals surface area contributed by atoms with Gasteiger partial charge in [0.15, 0.2) is 0 Å². The van der Waals surface area contributed by atoms with E-state index in [9.17, 15) is 9.59 Å². The van der Waals surface area contributed by atoms with Gasteiger partial charge in [-0.15, -0.1) is 0 Å². The quantitative estimate of drug-likeness (QED) is 0.0961. The van der Waals surface area contributed by atoms with Gasteiger partial charge in [-0.1, -0.05) is 101 Å². The lowest BCUT2D eigenvalue weighted by atomic mass is 10.0. The second kappa shape index (κ2) is 19.2. The van der Waals surface area contributed by atoms with E-state index < -0.39 is 0 Å². The molecule has 0 atom stereocenters. The molecule has 162 valence electrons. The van der Waals surface area contributed by atoms with Crippen molar-refractivity contribution in [2.45, 2.75) is 130 Å². The summed E-state index contributed by atoms with van der Waals surface area (Å²) >= 11 is 0. The van der Waals surface area contributed by atoms with E-state index in [-0.39, 0.29) is 11.6 Å². The number of carbonyl (C=O) groups excluding carboxylic acids is 2. The summed E-state index contributed by atoms with van der Waals surface area (Å²) in [6.07, 6.45) is 22.6. The van der Waals surface area contributed by atoms with Crippen LogP contribution in [-0.2, 0) is 9.59 Å². The van der Waals surface area contributed by atoms with Gasteiger partial charge in [0.2, 0.25) is 11.6 Å². The van der Waals surface area contributed by atoms with Crippen LogP contribution in [-0.4, -0.2) is 11.6 Å². The van der Waals surface area contributed by atoms with E-state index in [4.69, 9.17) is 0 Å². The Morgan fingerprint density at radius 1 is 0.643 bits per heavy atom. The van der Waals surface area contributed by atoms with E-state index in [0.717, 1.165) is 31.3 Å². The molecule has 0 rings (SSSR count). The summed E-state index contributed by atoms with van der Waals surface area (Å²) in [6, 6.07) is 0. The van der Waals surface area contributed by atoms with Gasteiger partial charge in [-0.2, -0.15) is 0 Å². The molecule has 0 spiro atoms. The van der Waals surface area contributed by atoms with Gasteiger partial charge in [0.1, 0.15) is 0 Å². The second-order valence-electron chi connectivity index (χ2n) is 8.59. The summed E-state index contributed by atoms with van der Waals surface area (Å²) in [4.78, 5) is 23.9. The van der Waals surface area contributed by atoms with Crippen LogP contribution < -0.4 is 0 Å². The molecule has 0 aliphatic rings. The fraction of sp³-hybridized carbons (Fsp3) is 0.769. The van der Waals surface area contributed by atoms with Crippen LogP contribution in [0.5, 0.6) is 0 Å². The summed E-state index contributed by atoms with van der Waals surface area (Å²) in [5.41, 5.74) is 2.29. The molecule has 0 N–H and O–H groups in total. The van der Waals surface area contributed by atoms with Crippen LogP contribution >= 0.6 is 0 Å². The lowest BCUT2D eigenvalue weighted by Crippen LogP contribution is -2.11. The van der Waals surface area contributed by atoms with E-state index in [2.05, 4.69) is 26.8 Å². The molecule has 28 heavy (non-hydrogen) atoms. The molecule has 0 aliphatic carbocycles. The summed E-state index contributed by atoms with van der Waals surface area (Å²) in [5, 5.41) is 0. The molecule has 0 saturated carbocycles. The highest BCUT2D eigenvalue weighted by Crippen LogP contribution is 2.13. The number of ketones is 2. The first-order valence-corrected chi connectivity index (χ1v) is 11.8. The Morgan fingerprint density at radius 2 is 1.11 bits per heavy atom. The third-order valence-electron chi connectivity index (χ3n) is 5.25. The van der Waals surface area contributed by atoms with E-state index in [0.29, 0.717) is 6.42 Å². The van der Waals surface area contributed by atoms with E-state index >= 15 is 0 Å². The molecule has 0 unspecified atom stereocenters. The van der Waals surface area contributed by atoms with Crippen LogP contribution in [0.2, 0.25) is 0 Å². The number of unbranched alkanes of at least 4 members (excludes halogenated alkanes) is 12. The molecule has 0 aromatic rings. The van der Waals surface area contributed by atoms with Gasteiger partial charge >= 0.3 is 0 Å². The minimum Gasteiger partial charge on any atom is -0.291 e. The SMILES string of the molecule is CCCCCCCCCCCCCCCC(=O)C(=O)/C=C(\C)CCC=C(C)C. The zero-order valence-corrected chi connectivity index (χ0v) is 19.3. The molecule has 2 heteroatoms. The van der Waals surface area contributed by atoms with Crippen molar-refractivity contribution in [1.29, 1.82) is 0 Å². The fourth-order valence-electron chi connectivity index (χ4n) is 3.39. The number of Topliss-reactive ketones (excluding diaryl/α,β-unsaturated/α-hetero) is 1. The van der Waals surface area contributed by atoms with Crippen LogP contribution in [0.4, 0.5) is 0 Å². The van der Waals surface area contributed by atoms with Crippen LogP contribution in [0.25, 0.3) is 0 Å². The van der Waals surface area contributed by atoms with Crippen LogP contribution in [0, 0.1) is 0 Å². The highest BCUT2D eigenvalue weighted by atomic mass is 16.2. The first-order chi connectivity index (χ1) is 13.5. The van der Waals surface area contributed by atoms with Crippen LogP contribution in [0.3, 0.4) is 0 Å². The average Bonchev–Trinajstić information content (AvgIpc) is 2.64. The molecule has 0 saturated heterocycles. The van der Waals surface area contributed by atoms with E-state index in [1.807, 2.05) is 6.92 Å². The van der Waals surface area contributed by atoms with Crippen molar-refractivity contribution in [3.05, 3.63) is 23.3 Å². The molecule has 0 fully saturated rings. The van der Waals surface area contributed by atoms with Crippen molar-refractivity contribution in [2.24, 2.45) is 0 Å². The third kappa shape index (κ3) is 18.2. The molecule has 0 aliphatic heterocycles. The summed E-state index contributed by atoms with van der Waals surface area (Å²) in [5.74, 6) is -0.529. The molecular weight excluding hydrogens is 344 g/mol. The highest BCUT2D eigenvalue weighted by molar-refractivity contribution is 6.41. The predicted octanol–water partition coefficient (Wildman–Crippen LogP) is 8.30. The zero-order valence-electron chi connectivity index (χ0n) is 19.3. The lowest BCUT2D eigenvalue weighted by Gasteiger charge is -2.03. The second-order valence-corrected chi connectivity index (χ2v) is 8.59. The largest absolute Gasteiger partial charge is 0.291 e. The number of rotatable bonds is 19. The van der Waals surface area contributed by atoms with Gasteiger partial charge in [-0.05, 0) is 46.1 Å². The Hall–Kier alpha value is -1.18. The Kier molecular flexibility index (Phi) is 18.3. The van der Waals surface area contributed by atoms with Crippen molar-refractivity contribution >= 4 is 11.6 Å². The van der Waals surface area contributed by atoms with E-state index in [1.165, 1.54) is 76.2 Å². The third-order valence-corrected chi connectivity index (χ3v) is 5.25. The maximum atomic E-state index is 12.0. The van der Waals surface area contributed by atoms with Gasteiger partial charge in [0.25, 0.3) is 0 Å². The van der Waals surface area contributed by atoms with Gasteiger partial charge in [0, 0.05) is 6.42 Å². The van der Waals surface area contributed by atoms with Crippen molar-refractivity contribution in [3.8, 4) is 0 Å². The Morgan fingerprint density at radius 3 is 1.57 bits per heavy atom. The summed E-state index contributed by atoms with van der Waals surface area (Å²) in [7, 11) is 0. The molecule has 0 radical (unpaired) electrons. The summed E-state index contributed by atoms with van der Waals surface area (Å²) in [6.45, 7) is 8.35. The maximum absolute atomic E-state index is 12.0. The molecule has 0 amide bonds. The topological polar surface area (TPSA) is 34.1 Å². The molecule has 2 nitrogen and oxygen atoms in total. The van der Waals surface area contributed by atoms with Crippen LogP contribution in [0.1, 0.15) is 130 Å². The average molecular weight is 391 g/mol. The maximum Gasteiger partial charge on any atom is 0.221 e. The number of hydrogen-bond acceptors (Lipinski definition) is 2. The first kappa shape index (κ1) is 26.8. The summed E-state index contributed by atoms with van der Waals surface area (Å²) < 4.78 is 0. The number of carbonyl (C=O) groups is 2. The Balaban J connectivity index is 3.58. The molecule has 0 heterocycles. The molecular formula is C26H46O2. The van der Waals surface area contributed by atoms with Crippen molar-refractivity contribution in [1.82, 2.24) is 0 Å². The first-order valence-electron chi connectivity index (χ1n) is 11.8. The van der Waals surface area contributed by atoms with Gasteiger partial charge in [0.05, 0.1) is 0 Å². The monoisotopic (exact) mass is 390 g/mol. The fourth-order valence-corrected chi connectivity index (χ4v) is 3.39. The normalized spacial score (nSPS) is 11.5. The van der Waals surface area contributed by atoms with E-state index in [1.54, 1.807) is 6.08 Å². The highest BCUT2D eigenvalue weighted by Gasteiger charge is 2.10. The molecule has 0 aromatic carbocycles. The van der Waals surface area contributed by atoms with Gasteiger partial charge < -0.3 is 0 Å². The Bertz CT molecular complexity index is 467. The zero-order chi connectivity index (χ0) is 21.0. The molecule has 0 aromatic heterocycles.